The van der Waals surface area contributed by atoms with Crippen LogP contribution in [0, 0.1) is 5.41 Å². The Hall–Kier alpha value is -0.0800. The molecule has 1 aliphatic heterocycles. The highest BCUT2D eigenvalue weighted by atomic mass is 16.5. The highest BCUT2D eigenvalue weighted by Crippen LogP contribution is 2.44. The number of rotatable bonds is 4. The van der Waals surface area contributed by atoms with Crippen molar-refractivity contribution in [3.8, 4) is 0 Å². The first-order valence-electron chi connectivity index (χ1n) is 5.88. The molecule has 1 aliphatic rings. The van der Waals surface area contributed by atoms with Gasteiger partial charge in [0.05, 0.1) is 5.60 Å². The Balaban J connectivity index is 2.65. The lowest BCUT2D eigenvalue weighted by atomic mass is 9.69. The summed E-state index contributed by atoms with van der Waals surface area (Å²) in [6, 6.07) is 0. The maximum absolute atomic E-state index is 5.77. The van der Waals surface area contributed by atoms with Crippen LogP contribution in [0.2, 0.25) is 0 Å². The maximum Gasteiger partial charge on any atom is 0.0631 e. The van der Waals surface area contributed by atoms with Crippen LogP contribution in [0.25, 0.3) is 0 Å². The third-order valence-electron chi connectivity index (χ3n) is 3.38. The molecule has 84 valence electrons. The summed E-state index contributed by atoms with van der Waals surface area (Å²) in [6.07, 6.45) is 6.09. The van der Waals surface area contributed by atoms with Crippen molar-refractivity contribution >= 4 is 0 Å². The smallest absolute Gasteiger partial charge is 0.0631 e. The molecule has 1 atom stereocenters. The van der Waals surface area contributed by atoms with Crippen LogP contribution in [0.15, 0.2) is 0 Å². The summed E-state index contributed by atoms with van der Waals surface area (Å²) in [4.78, 5) is 0. The first-order valence-corrected chi connectivity index (χ1v) is 5.88. The topological polar surface area (TPSA) is 35.2 Å². The Morgan fingerprint density at radius 2 is 2.00 bits per heavy atom. The van der Waals surface area contributed by atoms with Gasteiger partial charge in [0.25, 0.3) is 0 Å². The molecule has 0 aromatic heterocycles. The molecule has 1 unspecified atom stereocenters. The lowest BCUT2D eigenvalue weighted by Crippen LogP contribution is -2.42. The van der Waals surface area contributed by atoms with Crippen molar-refractivity contribution in [3.63, 3.8) is 0 Å². The number of hydrogen-bond donors (Lipinski definition) is 1. The van der Waals surface area contributed by atoms with Crippen LogP contribution in [0.3, 0.4) is 0 Å². The monoisotopic (exact) mass is 199 g/mol. The van der Waals surface area contributed by atoms with E-state index in [9.17, 15) is 0 Å². The second-order valence-corrected chi connectivity index (χ2v) is 5.32. The Bertz CT molecular complexity index is 166. The predicted octanol–water partition coefficient (Wildman–Crippen LogP) is 2.71. The van der Waals surface area contributed by atoms with Gasteiger partial charge >= 0.3 is 0 Å². The molecule has 0 saturated carbocycles. The lowest BCUT2D eigenvalue weighted by molar-refractivity contribution is -0.109. The first-order chi connectivity index (χ1) is 6.54. The van der Waals surface area contributed by atoms with Gasteiger partial charge < -0.3 is 10.5 Å². The van der Waals surface area contributed by atoms with E-state index in [2.05, 4.69) is 20.8 Å². The van der Waals surface area contributed by atoms with Gasteiger partial charge in [0.1, 0.15) is 0 Å². The zero-order valence-corrected chi connectivity index (χ0v) is 9.94. The second kappa shape index (κ2) is 4.63. The number of ether oxygens (including phenoxy) is 1. The molecular formula is C12H25NO. The molecule has 1 fully saturated rings. The normalized spacial score (nSPS) is 31.7. The molecule has 1 heterocycles. The fourth-order valence-corrected chi connectivity index (χ4v) is 2.97. The summed E-state index contributed by atoms with van der Waals surface area (Å²) in [6.45, 7) is 8.39. The zero-order valence-electron chi connectivity index (χ0n) is 9.94. The molecule has 0 amide bonds. The molecule has 0 radical (unpaired) electrons. The fraction of sp³-hybridized carbons (Fsp3) is 1.00. The van der Waals surface area contributed by atoms with E-state index in [1.54, 1.807) is 0 Å². The van der Waals surface area contributed by atoms with Crippen LogP contribution >= 0.6 is 0 Å². The molecule has 2 nitrogen and oxygen atoms in total. The van der Waals surface area contributed by atoms with Crippen LogP contribution in [0.1, 0.15) is 52.9 Å². The van der Waals surface area contributed by atoms with E-state index in [0.717, 1.165) is 19.6 Å². The fourth-order valence-electron chi connectivity index (χ4n) is 2.97. The Morgan fingerprint density at radius 3 is 2.50 bits per heavy atom. The van der Waals surface area contributed by atoms with Crippen LogP contribution < -0.4 is 5.73 Å². The van der Waals surface area contributed by atoms with Crippen molar-refractivity contribution in [2.75, 3.05) is 13.2 Å². The largest absolute Gasteiger partial charge is 0.376 e. The van der Waals surface area contributed by atoms with Gasteiger partial charge in [-0.15, -0.1) is 0 Å². The number of nitrogens with two attached hydrogens (primary N) is 1. The van der Waals surface area contributed by atoms with Crippen LogP contribution in [-0.4, -0.2) is 18.8 Å². The van der Waals surface area contributed by atoms with E-state index >= 15 is 0 Å². The summed E-state index contributed by atoms with van der Waals surface area (Å²) < 4.78 is 5.77. The highest BCUT2D eigenvalue weighted by molar-refractivity contribution is 4.90. The Labute approximate surface area is 88.2 Å². The minimum atomic E-state index is 0.0581. The van der Waals surface area contributed by atoms with E-state index < -0.39 is 0 Å². The van der Waals surface area contributed by atoms with Crippen molar-refractivity contribution in [2.24, 2.45) is 11.1 Å². The summed E-state index contributed by atoms with van der Waals surface area (Å²) in [5, 5.41) is 0. The molecule has 1 rings (SSSR count). The van der Waals surface area contributed by atoms with Gasteiger partial charge in [0.15, 0.2) is 0 Å². The number of hydrogen-bond acceptors (Lipinski definition) is 2. The van der Waals surface area contributed by atoms with Gasteiger partial charge in [-0.2, -0.15) is 0 Å². The molecule has 2 N–H and O–H groups in total. The molecule has 0 aromatic rings. The maximum atomic E-state index is 5.77. The van der Waals surface area contributed by atoms with E-state index in [4.69, 9.17) is 10.5 Å². The zero-order chi connectivity index (χ0) is 10.7. The summed E-state index contributed by atoms with van der Waals surface area (Å²) in [7, 11) is 0. The van der Waals surface area contributed by atoms with Crippen LogP contribution in [-0.2, 0) is 4.74 Å². The summed E-state index contributed by atoms with van der Waals surface area (Å²) in [5.41, 5.74) is 6.24. The minimum absolute atomic E-state index is 0.0581. The summed E-state index contributed by atoms with van der Waals surface area (Å²) in [5.74, 6) is 0. The average molecular weight is 199 g/mol. The van der Waals surface area contributed by atoms with Gasteiger partial charge in [-0.1, -0.05) is 13.3 Å². The predicted molar refractivity (Wildman–Crippen MR) is 60.3 cm³/mol. The van der Waals surface area contributed by atoms with Crippen molar-refractivity contribution < 1.29 is 4.74 Å². The third kappa shape index (κ3) is 2.96. The Kier molecular flexibility index (Phi) is 3.96. The van der Waals surface area contributed by atoms with Crippen molar-refractivity contribution in [2.45, 2.75) is 58.5 Å². The second-order valence-electron chi connectivity index (χ2n) is 5.32. The van der Waals surface area contributed by atoms with Crippen LogP contribution in [0.4, 0.5) is 0 Å². The Morgan fingerprint density at radius 1 is 1.29 bits per heavy atom. The average Bonchev–Trinajstić information content (AvgIpc) is 2.02. The lowest BCUT2D eigenvalue weighted by Gasteiger charge is -2.45. The van der Waals surface area contributed by atoms with E-state index in [1.807, 2.05) is 0 Å². The van der Waals surface area contributed by atoms with Gasteiger partial charge in [-0.05, 0) is 51.5 Å². The minimum Gasteiger partial charge on any atom is -0.376 e. The molecule has 0 spiro atoms. The SMILES string of the molecule is CCCC1(CCN)CCOC(C)(C)C1. The molecule has 14 heavy (non-hydrogen) atoms. The van der Waals surface area contributed by atoms with Gasteiger partial charge in [-0.3, -0.25) is 0 Å². The standard InChI is InChI=1S/C12H25NO/c1-4-5-12(6-8-13)7-9-14-11(2,3)10-12/h4-10,13H2,1-3H3. The van der Waals surface area contributed by atoms with Gasteiger partial charge in [0.2, 0.25) is 0 Å². The molecular weight excluding hydrogens is 174 g/mol. The van der Waals surface area contributed by atoms with Crippen molar-refractivity contribution in [1.29, 1.82) is 0 Å². The third-order valence-corrected chi connectivity index (χ3v) is 3.38. The van der Waals surface area contributed by atoms with E-state index in [1.165, 1.54) is 25.7 Å². The van der Waals surface area contributed by atoms with E-state index in [-0.39, 0.29) is 5.60 Å². The molecule has 2 heteroatoms. The molecule has 0 bridgehead atoms. The quantitative estimate of drug-likeness (QED) is 0.755. The first kappa shape index (κ1) is 12.0. The van der Waals surface area contributed by atoms with Gasteiger partial charge in [-0.25, -0.2) is 0 Å². The molecule has 0 aromatic carbocycles. The summed E-state index contributed by atoms with van der Waals surface area (Å²) >= 11 is 0. The molecule has 1 saturated heterocycles. The van der Waals surface area contributed by atoms with Crippen molar-refractivity contribution in [1.82, 2.24) is 0 Å². The highest BCUT2D eigenvalue weighted by Gasteiger charge is 2.39. The van der Waals surface area contributed by atoms with E-state index in [0.29, 0.717) is 5.41 Å². The van der Waals surface area contributed by atoms with Crippen molar-refractivity contribution in [3.05, 3.63) is 0 Å². The molecule has 0 aliphatic carbocycles. The van der Waals surface area contributed by atoms with Crippen LogP contribution in [0.5, 0.6) is 0 Å². The van der Waals surface area contributed by atoms with Gasteiger partial charge in [0, 0.05) is 6.61 Å².